The van der Waals surface area contributed by atoms with E-state index in [0.717, 1.165) is 93.9 Å². The summed E-state index contributed by atoms with van der Waals surface area (Å²) in [7, 11) is 2.76. The predicted molar refractivity (Wildman–Crippen MR) is 243 cm³/mol. The first-order chi connectivity index (χ1) is 30.8. The number of rotatable bonds is 13. The second-order valence-electron chi connectivity index (χ2n) is 18.1. The fourth-order valence-corrected chi connectivity index (χ4v) is 10.2. The molecule has 3 saturated heterocycles. The van der Waals surface area contributed by atoms with Crippen LogP contribution in [0.4, 0.5) is 15.3 Å². The molecule has 3 fully saturated rings. The number of nitrogens with zero attached hydrogens (tertiary/aromatic N) is 6. The molecule has 0 saturated carbocycles. The molecule has 16 nitrogen and oxygen atoms in total. The maximum absolute atomic E-state index is 13.9. The summed E-state index contributed by atoms with van der Waals surface area (Å²) >= 11 is 0. The highest BCUT2D eigenvalue weighted by molar-refractivity contribution is 5.87. The van der Waals surface area contributed by atoms with Crippen LogP contribution in [0.15, 0.2) is 60.7 Å². The second-order valence-corrected chi connectivity index (χ2v) is 18.1. The number of anilines is 1. The first-order valence-corrected chi connectivity index (χ1v) is 22.7. The quantitative estimate of drug-likeness (QED) is 0.0896. The number of alkyl carbamates (subject to hydrolysis) is 1. The van der Waals surface area contributed by atoms with Gasteiger partial charge < -0.3 is 44.6 Å². The molecule has 340 valence electrons. The molecule has 64 heavy (non-hydrogen) atoms. The van der Waals surface area contributed by atoms with Gasteiger partial charge in [-0.3, -0.25) is 14.5 Å². The van der Waals surface area contributed by atoms with Gasteiger partial charge in [0.1, 0.15) is 29.5 Å². The zero-order valence-corrected chi connectivity index (χ0v) is 37.8. The van der Waals surface area contributed by atoms with Gasteiger partial charge >= 0.3 is 12.2 Å². The molecule has 3 aromatic carbocycles. The minimum atomic E-state index is -1.13. The number of ether oxygens (including phenoxy) is 2. The molecule has 4 amide bonds. The molecular weight excluding hydrogens is 815 g/mol. The molecule has 3 aliphatic rings. The average Bonchev–Trinajstić information content (AvgIpc) is 4.13. The van der Waals surface area contributed by atoms with E-state index < -0.39 is 24.3 Å². The summed E-state index contributed by atoms with van der Waals surface area (Å²) in [6.07, 6.45) is 3.17. The van der Waals surface area contributed by atoms with E-state index in [-0.39, 0.29) is 47.8 Å². The standard InChI is InChI=1S/C48H61N9O7/c1-8-64-32-17-15-31(16-18-32)57-37(29-13-19-33-35(25-29)51-43(49-33)39-11-9-23-55(39)45(58)41(27(2)3)53-47(60)63-7)21-22-38(57)30-14-20-34-36(26-30)52-44(50-34)40-12-10-24-56(40)46(59)42(28(4)5)54(6)48(61)62/h13-20,25-28,37-42H,8-12,21-24H2,1-7H3,(H,49,51)(H,50,52)(H,53,60)(H,61,62)/t37-,38-,39+,40+,41+,42+/m1/s1. The molecule has 5 aromatic rings. The molecule has 0 bridgehead atoms. The summed E-state index contributed by atoms with van der Waals surface area (Å²) in [5, 5.41) is 12.5. The van der Waals surface area contributed by atoms with Crippen LogP contribution in [0.25, 0.3) is 22.1 Å². The van der Waals surface area contributed by atoms with Gasteiger partial charge in [-0.25, -0.2) is 19.6 Å². The third-order valence-corrected chi connectivity index (χ3v) is 13.3. The second kappa shape index (κ2) is 18.4. The van der Waals surface area contributed by atoms with Crippen molar-refractivity contribution in [3.8, 4) is 5.75 Å². The maximum Gasteiger partial charge on any atom is 0.407 e. The summed E-state index contributed by atoms with van der Waals surface area (Å²) in [6.45, 7) is 11.2. The first kappa shape index (κ1) is 44.3. The number of fused-ring (bicyclic) bond motifs is 2. The van der Waals surface area contributed by atoms with Crippen LogP contribution in [0, 0.1) is 11.8 Å². The number of hydrogen-bond acceptors (Lipinski definition) is 9. The Kier molecular flexibility index (Phi) is 12.7. The van der Waals surface area contributed by atoms with E-state index in [4.69, 9.17) is 19.4 Å². The molecule has 0 spiro atoms. The van der Waals surface area contributed by atoms with Gasteiger partial charge in [0.2, 0.25) is 11.8 Å². The van der Waals surface area contributed by atoms with Gasteiger partial charge in [-0.1, -0.05) is 39.8 Å². The van der Waals surface area contributed by atoms with Gasteiger partial charge in [-0.15, -0.1) is 0 Å². The summed E-state index contributed by atoms with van der Waals surface area (Å²) < 4.78 is 10.6. The van der Waals surface area contributed by atoms with Crippen LogP contribution in [0.3, 0.4) is 0 Å². The zero-order chi connectivity index (χ0) is 45.4. The number of H-pyrrole nitrogens is 2. The third kappa shape index (κ3) is 8.53. The highest BCUT2D eigenvalue weighted by atomic mass is 16.5. The summed E-state index contributed by atoms with van der Waals surface area (Å²) in [6, 6.07) is 19.1. The monoisotopic (exact) mass is 875 g/mol. The lowest BCUT2D eigenvalue weighted by molar-refractivity contribution is -0.138. The summed E-state index contributed by atoms with van der Waals surface area (Å²) in [4.78, 5) is 76.2. The van der Waals surface area contributed by atoms with Crippen molar-refractivity contribution >= 4 is 51.8 Å². The Labute approximate surface area is 373 Å². The fourth-order valence-electron chi connectivity index (χ4n) is 10.2. The van der Waals surface area contributed by atoms with Crippen molar-refractivity contribution in [3.63, 3.8) is 0 Å². The number of amides is 4. The fraction of sp³-hybridized carbons (Fsp3) is 0.500. The van der Waals surface area contributed by atoms with E-state index in [1.807, 2.05) is 51.7 Å². The lowest BCUT2D eigenvalue weighted by Gasteiger charge is -2.33. The molecule has 0 aliphatic carbocycles. The van der Waals surface area contributed by atoms with E-state index in [1.54, 1.807) is 4.90 Å². The number of nitrogens with one attached hydrogen (secondary N) is 3. The molecule has 0 unspecified atom stereocenters. The number of methoxy groups -OCH3 is 1. The van der Waals surface area contributed by atoms with Crippen molar-refractivity contribution in [1.82, 2.24) is 40.0 Å². The number of hydrogen-bond donors (Lipinski definition) is 4. The third-order valence-electron chi connectivity index (χ3n) is 13.3. The van der Waals surface area contributed by atoms with Crippen LogP contribution in [-0.4, -0.2) is 110 Å². The van der Waals surface area contributed by atoms with Crippen molar-refractivity contribution < 1.29 is 33.8 Å². The SMILES string of the molecule is CCOc1ccc(N2[C@@H](c3ccc4nc([C@@H]5CCCN5C(=O)[C@@H](NC(=O)OC)C(C)C)[nH]c4c3)CC[C@@H]2c2ccc3nc([C@@H]4CCCN4C(=O)[C@H](C(C)C)N(C)C(=O)O)[nH]c3c2)cc1. The summed E-state index contributed by atoms with van der Waals surface area (Å²) in [5.41, 5.74) is 6.77. The Hall–Kier alpha value is -6.32. The van der Waals surface area contributed by atoms with E-state index >= 15 is 0 Å². The topological polar surface area (TPSA) is 189 Å². The highest BCUT2D eigenvalue weighted by Gasteiger charge is 2.41. The lowest BCUT2D eigenvalue weighted by Crippen LogP contribution is -2.51. The number of aromatic amines is 2. The average molecular weight is 876 g/mol. The largest absolute Gasteiger partial charge is 0.494 e. The number of benzene rings is 3. The predicted octanol–water partition coefficient (Wildman–Crippen LogP) is 8.26. The Morgan fingerprint density at radius 1 is 0.766 bits per heavy atom. The highest BCUT2D eigenvalue weighted by Crippen LogP contribution is 2.48. The molecule has 6 atom stereocenters. The van der Waals surface area contributed by atoms with E-state index in [0.29, 0.717) is 25.5 Å². The van der Waals surface area contributed by atoms with E-state index in [9.17, 15) is 24.3 Å². The van der Waals surface area contributed by atoms with Gasteiger partial charge in [0, 0.05) is 25.8 Å². The van der Waals surface area contributed by atoms with E-state index in [1.165, 1.54) is 14.2 Å². The normalized spacial score (nSPS) is 21.0. The smallest absolute Gasteiger partial charge is 0.407 e. The number of likely N-dealkylation sites (N-methyl/N-ethyl adjacent to an activating group) is 1. The van der Waals surface area contributed by atoms with Gasteiger partial charge in [0.25, 0.3) is 0 Å². The van der Waals surface area contributed by atoms with Gasteiger partial charge in [-0.2, -0.15) is 0 Å². The molecule has 16 heteroatoms. The van der Waals surface area contributed by atoms with Crippen molar-refractivity contribution in [2.24, 2.45) is 11.8 Å². The lowest BCUT2D eigenvalue weighted by atomic mass is 10.0. The zero-order valence-electron chi connectivity index (χ0n) is 37.8. The Bertz CT molecular complexity index is 2500. The molecular formula is C48H61N9O7. The van der Waals surface area contributed by atoms with Crippen molar-refractivity contribution in [2.75, 3.05) is 38.8 Å². The molecule has 8 rings (SSSR count). The molecule has 0 radical (unpaired) electrons. The molecule has 5 heterocycles. The van der Waals surface area contributed by atoms with E-state index in [2.05, 4.69) is 68.7 Å². The van der Waals surface area contributed by atoms with Crippen molar-refractivity contribution in [3.05, 3.63) is 83.4 Å². The van der Waals surface area contributed by atoms with Crippen LogP contribution in [-0.2, 0) is 14.3 Å². The summed E-state index contributed by atoms with van der Waals surface area (Å²) in [5.74, 6) is 1.59. The molecule has 4 N–H and O–H groups in total. The Balaban J connectivity index is 1.08. The minimum absolute atomic E-state index is 0.0283. The van der Waals surface area contributed by atoms with Gasteiger partial charge in [-0.05, 0) is 117 Å². The molecule has 2 aromatic heterocycles. The number of aromatic nitrogens is 4. The van der Waals surface area contributed by atoms with Gasteiger partial charge in [0.15, 0.2) is 0 Å². The number of imidazole rings is 2. The van der Waals surface area contributed by atoms with Crippen molar-refractivity contribution in [1.29, 1.82) is 0 Å². The van der Waals surface area contributed by atoms with Crippen LogP contribution in [0.1, 0.15) is 120 Å². The first-order valence-electron chi connectivity index (χ1n) is 22.7. The maximum atomic E-state index is 13.9. The van der Waals surface area contributed by atoms with Crippen LogP contribution < -0.4 is 15.0 Å². The van der Waals surface area contributed by atoms with Gasteiger partial charge in [0.05, 0.1) is 60.0 Å². The number of likely N-dealkylation sites (tertiary alicyclic amines) is 2. The number of carboxylic acid groups (broad SMARTS) is 1. The van der Waals surface area contributed by atoms with Crippen LogP contribution in [0.5, 0.6) is 5.75 Å². The van der Waals surface area contributed by atoms with Crippen LogP contribution in [0.2, 0.25) is 0 Å². The minimum Gasteiger partial charge on any atom is -0.494 e. The van der Waals surface area contributed by atoms with Crippen molar-refractivity contribution in [2.45, 2.75) is 109 Å². The number of carbonyl (C=O) groups excluding carboxylic acids is 3. The Morgan fingerprint density at radius 2 is 1.30 bits per heavy atom. The Morgan fingerprint density at radius 3 is 1.77 bits per heavy atom. The molecule has 3 aliphatic heterocycles. The number of carbonyl (C=O) groups is 4. The van der Waals surface area contributed by atoms with Crippen LogP contribution >= 0.6 is 0 Å².